The first-order chi connectivity index (χ1) is 16.8. The van der Waals surface area contributed by atoms with Crippen molar-refractivity contribution >= 4 is 21.6 Å². The number of imidazole rings is 1. The van der Waals surface area contributed by atoms with Gasteiger partial charge in [-0.25, -0.2) is 18.1 Å². The molecule has 3 aromatic carbocycles. The Bertz CT molecular complexity index is 1410. The van der Waals surface area contributed by atoms with Gasteiger partial charge in [-0.2, -0.15) is 0 Å². The van der Waals surface area contributed by atoms with Crippen molar-refractivity contribution < 1.29 is 13.2 Å². The number of anilines is 1. The number of carbonyl (C=O) groups is 1. The molecule has 0 fully saturated rings. The Kier molecular flexibility index (Phi) is 7.43. The highest BCUT2D eigenvalue weighted by Crippen LogP contribution is 2.18. The Balaban J connectivity index is 1.45. The molecule has 1 heterocycles. The minimum Gasteiger partial charge on any atom is -0.330 e. The third kappa shape index (κ3) is 6.23. The van der Waals surface area contributed by atoms with E-state index in [1.54, 1.807) is 24.4 Å². The van der Waals surface area contributed by atoms with Crippen LogP contribution in [0.15, 0.2) is 96.2 Å². The Labute approximate surface area is 205 Å². The summed E-state index contributed by atoms with van der Waals surface area (Å²) >= 11 is 0. The second-order valence-corrected chi connectivity index (χ2v) is 10.3. The Morgan fingerprint density at radius 2 is 1.69 bits per heavy atom. The highest BCUT2D eigenvalue weighted by Gasteiger charge is 2.16. The molecule has 35 heavy (non-hydrogen) atoms. The Morgan fingerprint density at radius 1 is 0.943 bits per heavy atom. The third-order valence-corrected chi connectivity index (χ3v) is 6.92. The van der Waals surface area contributed by atoms with Crippen molar-refractivity contribution in [1.29, 1.82) is 0 Å². The molecule has 0 radical (unpaired) electrons. The van der Waals surface area contributed by atoms with Crippen molar-refractivity contribution in [3.8, 4) is 0 Å². The van der Waals surface area contributed by atoms with E-state index in [-0.39, 0.29) is 22.9 Å². The zero-order valence-corrected chi connectivity index (χ0v) is 20.5. The third-order valence-electron chi connectivity index (χ3n) is 5.52. The van der Waals surface area contributed by atoms with Gasteiger partial charge in [-0.3, -0.25) is 4.79 Å². The lowest BCUT2D eigenvalue weighted by molar-refractivity contribution is 0.102. The molecule has 2 N–H and O–H groups in total. The number of rotatable bonds is 9. The van der Waals surface area contributed by atoms with Crippen LogP contribution in [0.5, 0.6) is 0 Å². The summed E-state index contributed by atoms with van der Waals surface area (Å²) in [6, 6.07) is 22.9. The molecule has 180 valence electrons. The van der Waals surface area contributed by atoms with E-state index in [4.69, 9.17) is 0 Å². The van der Waals surface area contributed by atoms with E-state index in [9.17, 15) is 13.2 Å². The number of aromatic nitrogens is 2. The number of sulfonamides is 1. The van der Waals surface area contributed by atoms with E-state index in [2.05, 4.69) is 33.4 Å². The van der Waals surface area contributed by atoms with Gasteiger partial charge in [-0.15, -0.1) is 0 Å². The molecule has 4 aromatic rings. The van der Waals surface area contributed by atoms with Crippen LogP contribution in [0.2, 0.25) is 0 Å². The van der Waals surface area contributed by atoms with E-state index in [0.29, 0.717) is 18.2 Å². The molecule has 0 atom stereocenters. The van der Waals surface area contributed by atoms with Crippen molar-refractivity contribution in [2.24, 2.45) is 0 Å². The number of hydrogen-bond acceptors (Lipinski definition) is 4. The molecular weight excluding hydrogens is 460 g/mol. The molecule has 0 aliphatic carbocycles. The maximum atomic E-state index is 12.9. The van der Waals surface area contributed by atoms with Crippen LogP contribution in [0, 0.1) is 0 Å². The first kappa shape index (κ1) is 24.4. The van der Waals surface area contributed by atoms with Crippen LogP contribution in [0.3, 0.4) is 0 Å². The van der Waals surface area contributed by atoms with Crippen LogP contribution in [0.25, 0.3) is 0 Å². The molecule has 0 saturated heterocycles. The number of hydrogen-bond donors (Lipinski definition) is 2. The summed E-state index contributed by atoms with van der Waals surface area (Å²) in [7, 11) is -3.77. The highest BCUT2D eigenvalue weighted by molar-refractivity contribution is 7.89. The van der Waals surface area contributed by atoms with Gasteiger partial charge in [-0.05, 0) is 41.5 Å². The molecule has 0 aliphatic rings. The maximum Gasteiger partial charge on any atom is 0.255 e. The molecule has 0 saturated carbocycles. The zero-order chi connectivity index (χ0) is 24.8. The largest absolute Gasteiger partial charge is 0.330 e. The lowest BCUT2D eigenvalue weighted by Crippen LogP contribution is -2.23. The summed E-state index contributed by atoms with van der Waals surface area (Å²) in [6.07, 6.45) is 3.73. The Hall–Kier alpha value is -3.75. The summed E-state index contributed by atoms with van der Waals surface area (Å²) in [5.74, 6) is 0.921. The average molecular weight is 489 g/mol. The molecule has 1 aromatic heterocycles. The van der Waals surface area contributed by atoms with E-state index in [0.717, 1.165) is 17.0 Å². The van der Waals surface area contributed by atoms with Gasteiger partial charge in [0, 0.05) is 42.7 Å². The zero-order valence-electron chi connectivity index (χ0n) is 19.7. The topological polar surface area (TPSA) is 93.1 Å². The normalized spacial score (nSPS) is 11.5. The molecule has 4 rings (SSSR count). The lowest BCUT2D eigenvalue weighted by atomic mass is 10.1. The van der Waals surface area contributed by atoms with Crippen molar-refractivity contribution in [3.05, 3.63) is 114 Å². The molecule has 1 amide bonds. The van der Waals surface area contributed by atoms with Crippen LogP contribution >= 0.6 is 0 Å². The predicted octanol–water partition coefficient (Wildman–Crippen LogP) is 4.79. The second kappa shape index (κ2) is 10.7. The SMILES string of the molecule is CC(C)c1nccn1Cc1cccc(NC(=O)c2cccc(S(=O)(=O)NCc3ccccc3)c2)c1. The van der Waals surface area contributed by atoms with E-state index in [1.165, 1.54) is 12.1 Å². The smallest absolute Gasteiger partial charge is 0.255 e. The monoisotopic (exact) mass is 488 g/mol. The summed E-state index contributed by atoms with van der Waals surface area (Å²) in [5.41, 5.74) is 2.76. The number of nitrogens with zero attached hydrogens (tertiary/aromatic N) is 2. The first-order valence-electron chi connectivity index (χ1n) is 11.4. The van der Waals surface area contributed by atoms with Crippen molar-refractivity contribution in [2.75, 3.05) is 5.32 Å². The van der Waals surface area contributed by atoms with Crippen LogP contribution in [0.1, 0.15) is 47.1 Å². The van der Waals surface area contributed by atoms with Crippen LogP contribution in [0.4, 0.5) is 5.69 Å². The first-order valence-corrected chi connectivity index (χ1v) is 12.8. The number of amides is 1. The van der Waals surface area contributed by atoms with Gasteiger partial charge in [-0.1, -0.05) is 62.4 Å². The Morgan fingerprint density at radius 3 is 2.46 bits per heavy atom. The predicted molar refractivity (Wildman–Crippen MR) is 137 cm³/mol. The molecule has 7 nitrogen and oxygen atoms in total. The second-order valence-electron chi connectivity index (χ2n) is 8.56. The summed E-state index contributed by atoms with van der Waals surface area (Å²) in [6.45, 7) is 5.00. The van der Waals surface area contributed by atoms with Crippen LogP contribution < -0.4 is 10.0 Å². The van der Waals surface area contributed by atoms with Gasteiger partial charge in [0.05, 0.1) is 4.90 Å². The number of nitrogens with one attached hydrogen (secondary N) is 2. The molecule has 0 bridgehead atoms. The van der Waals surface area contributed by atoms with Gasteiger partial charge in [0.2, 0.25) is 10.0 Å². The molecule has 8 heteroatoms. The van der Waals surface area contributed by atoms with Crippen LogP contribution in [-0.4, -0.2) is 23.9 Å². The summed E-state index contributed by atoms with van der Waals surface area (Å²) < 4.78 is 30.2. The van der Waals surface area contributed by atoms with Gasteiger partial charge in [0.25, 0.3) is 5.91 Å². The van der Waals surface area contributed by atoms with E-state index in [1.807, 2.05) is 54.7 Å². The summed E-state index contributed by atoms with van der Waals surface area (Å²) in [4.78, 5) is 17.4. The fraction of sp³-hybridized carbons (Fsp3) is 0.185. The average Bonchev–Trinajstić information content (AvgIpc) is 3.32. The van der Waals surface area contributed by atoms with Gasteiger partial charge >= 0.3 is 0 Å². The van der Waals surface area contributed by atoms with Gasteiger partial charge in [0.15, 0.2) is 0 Å². The quantitative estimate of drug-likeness (QED) is 0.354. The van der Waals surface area contributed by atoms with Gasteiger partial charge < -0.3 is 9.88 Å². The van der Waals surface area contributed by atoms with E-state index < -0.39 is 10.0 Å². The number of benzene rings is 3. The minimum atomic E-state index is -3.77. The summed E-state index contributed by atoms with van der Waals surface area (Å²) in [5, 5.41) is 2.87. The van der Waals surface area contributed by atoms with Crippen molar-refractivity contribution in [1.82, 2.24) is 14.3 Å². The lowest BCUT2D eigenvalue weighted by Gasteiger charge is -2.12. The molecule has 0 aliphatic heterocycles. The van der Waals surface area contributed by atoms with Crippen molar-refractivity contribution in [3.63, 3.8) is 0 Å². The number of carbonyl (C=O) groups excluding carboxylic acids is 1. The fourth-order valence-corrected chi connectivity index (χ4v) is 4.83. The van der Waals surface area contributed by atoms with E-state index >= 15 is 0 Å². The fourth-order valence-electron chi connectivity index (χ4n) is 3.76. The van der Waals surface area contributed by atoms with Crippen LogP contribution in [-0.2, 0) is 23.1 Å². The minimum absolute atomic E-state index is 0.0381. The van der Waals surface area contributed by atoms with Crippen molar-refractivity contribution in [2.45, 2.75) is 37.8 Å². The molecule has 0 unspecified atom stereocenters. The molecule has 0 spiro atoms. The standard InChI is InChI=1S/C27H28N4O3S/c1-20(2)26-28-14-15-31(26)19-22-10-6-12-24(16-22)30-27(32)23-11-7-13-25(17-23)35(33,34)29-18-21-8-4-3-5-9-21/h3-17,20,29H,18-19H2,1-2H3,(H,30,32). The van der Waals surface area contributed by atoms with Gasteiger partial charge in [0.1, 0.15) is 5.82 Å². The molecular formula is C27H28N4O3S. The highest BCUT2D eigenvalue weighted by atomic mass is 32.2. The maximum absolute atomic E-state index is 12.9.